The van der Waals surface area contributed by atoms with Gasteiger partial charge in [0.25, 0.3) is 0 Å². The van der Waals surface area contributed by atoms with Crippen molar-refractivity contribution in [1.82, 2.24) is 4.90 Å². The van der Waals surface area contributed by atoms with Crippen molar-refractivity contribution in [3.05, 3.63) is 29.3 Å². The third-order valence-electron chi connectivity index (χ3n) is 4.21. The lowest BCUT2D eigenvalue weighted by Gasteiger charge is -2.40. The van der Waals surface area contributed by atoms with Crippen LogP contribution in [0.1, 0.15) is 37.8 Å². The smallest absolute Gasteiger partial charge is 0.124 e. The normalized spacial score (nSPS) is 19.7. The van der Waals surface area contributed by atoms with E-state index in [-0.39, 0.29) is 0 Å². The van der Waals surface area contributed by atoms with E-state index >= 15 is 0 Å². The fourth-order valence-corrected chi connectivity index (χ4v) is 2.87. The van der Waals surface area contributed by atoms with Crippen molar-refractivity contribution in [2.45, 2.75) is 45.3 Å². The van der Waals surface area contributed by atoms with Crippen molar-refractivity contribution in [1.29, 1.82) is 0 Å². The van der Waals surface area contributed by atoms with Gasteiger partial charge in [-0.25, -0.2) is 0 Å². The molecule has 0 aliphatic carbocycles. The third kappa shape index (κ3) is 2.93. The molecule has 1 aromatic rings. The number of nitrogens with zero attached hydrogens (tertiary/aromatic N) is 1. The van der Waals surface area contributed by atoms with Gasteiger partial charge in [-0.2, -0.15) is 0 Å². The number of aryl methyl sites for hydroxylation is 1. The Morgan fingerprint density at radius 2 is 1.89 bits per heavy atom. The van der Waals surface area contributed by atoms with Crippen molar-refractivity contribution in [3.63, 3.8) is 0 Å². The van der Waals surface area contributed by atoms with Crippen LogP contribution in [0.25, 0.3) is 0 Å². The molecule has 3 heteroatoms. The molecule has 0 atom stereocenters. The van der Waals surface area contributed by atoms with Crippen LogP contribution in [0.15, 0.2) is 18.2 Å². The van der Waals surface area contributed by atoms with E-state index in [1.165, 1.54) is 0 Å². The summed E-state index contributed by atoms with van der Waals surface area (Å²) in [6.07, 6.45) is 1.54. The lowest BCUT2D eigenvalue weighted by Crippen LogP contribution is -2.45. The minimum atomic E-state index is -0.747. The molecule has 0 saturated carbocycles. The number of aliphatic hydroxyl groups is 1. The quantitative estimate of drug-likeness (QED) is 0.910. The van der Waals surface area contributed by atoms with Crippen LogP contribution in [0.2, 0.25) is 0 Å². The lowest BCUT2D eigenvalue weighted by molar-refractivity contribution is -0.0338. The van der Waals surface area contributed by atoms with Crippen LogP contribution < -0.4 is 4.74 Å². The van der Waals surface area contributed by atoms with E-state index in [2.05, 4.69) is 31.7 Å². The van der Waals surface area contributed by atoms with E-state index in [0.717, 1.165) is 42.8 Å². The van der Waals surface area contributed by atoms with Gasteiger partial charge in [-0.05, 0) is 45.7 Å². The Hall–Kier alpha value is -1.06. The van der Waals surface area contributed by atoms with E-state index in [1.54, 1.807) is 7.11 Å². The standard InChI is InChI=1S/C16H25NO2/c1-12(2)17-9-7-16(18,8-10-17)14-11-13(3)5-6-15(14)19-4/h5-6,11-12,18H,7-10H2,1-4H3. The summed E-state index contributed by atoms with van der Waals surface area (Å²) in [6.45, 7) is 8.33. The molecular weight excluding hydrogens is 238 g/mol. The molecule has 1 heterocycles. The van der Waals surface area contributed by atoms with Crippen LogP contribution in [-0.4, -0.2) is 36.2 Å². The van der Waals surface area contributed by atoms with Gasteiger partial charge >= 0.3 is 0 Å². The zero-order valence-corrected chi connectivity index (χ0v) is 12.4. The van der Waals surface area contributed by atoms with E-state index < -0.39 is 5.60 Å². The van der Waals surface area contributed by atoms with Gasteiger partial charge in [-0.1, -0.05) is 11.6 Å². The molecule has 19 heavy (non-hydrogen) atoms. The Kier molecular flexibility index (Phi) is 4.16. The molecule has 0 aromatic heterocycles. The van der Waals surface area contributed by atoms with Crippen LogP contribution in [0.5, 0.6) is 5.75 Å². The van der Waals surface area contributed by atoms with Crippen LogP contribution >= 0.6 is 0 Å². The SMILES string of the molecule is COc1ccc(C)cc1C1(O)CCN(C(C)C)CC1. The highest BCUT2D eigenvalue weighted by molar-refractivity contribution is 5.41. The molecule has 0 bridgehead atoms. The molecule has 1 N–H and O–H groups in total. The van der Waals surface area contributed by atoms with Crippen LogP contribution in [0.4, 0.5) is 0 Å². The Morgan fingerprint density at radius 3 is 2.42 bits per heavy atom. The molecule has 3 nitrogen and oxygen atoms in total. The summed E-state index contributed by atoms with van der Waals surface area (Å²) >= 11 is 0. The van der Waals surface area contributed by atoms with Gasteiger partial charge < -0.3 is 14.7 Å². The summed E-state index contributed by atoms with van der Waals surface area (Å²) in [7, 11) is 1.67. The molecule has 2 rings (SSSR count). The van der Waals surface area contributed by atoms with E-state index in [9.17, 15) is 5.11 Å². The van der Waals surface area contributed by atoms with Crippen LogP contribution in [0, 0.1) is 6.92 Å². The summed E-state index contributed by atoms with van der Waals surface area (Å²) in [5.41, 5.74) is 1.36. The number of methoxy groups -OCH3 is 1. The van der Waals surface area contributed by atoms with Gasteiger partial charge in [0.05, 0.1) is 12.7 Å². The molecule has 1 fully saturated rings. The van der Waals surface area contributed by atoms with Crippen molar-refractivity contribution in [3.8, 4) is 5.75 Å². The average Bonchev–Trinajstić information content (AvgIpc) is 2.39. The summed E-state index contributed by atoms with van der Waals surface area (Å²) in [5.74, 6) is 0.797. The van der Waals surface area contributed by atoms with Crippen molar-refractivity contribution in [2.24, 2.45) is 0 Å². The second-order valence-electron chi connectivity index (χ2n) is 5.87. The lowest BCUT2D eigenvalue weighted by atomic mass is 9.83. The summed E-state index contributed by atoms with van der Waals surface area (Å²) in [6, 6.07) is 6.58. The number of rotatable bonds is 3. The number of piperidine rings is 1. The summed E-state index contributed by atoms with van der Waals surface area (Å²) < 4.78 is 5.42. The van der Waals surface area contributed by atoms with Gasteiger partial charge in [0, 0.05) is 24.7 Å². The predicted octanol–water partition coefficient (Wildman–Crippen LogP) is 2.70. The molecular formula is C16H25NO2. The van der Waals surface area contributed by atoms with E-state index in [0.29, 0.717) is 6.04 Å². The van der Waals surface area contributed by atoms with E-state index in [4.69, 9.17) is 4.74 Å². The minimum Gasteiger partial charge on any atom is -0.496 e. The first-order valence-corrected chi connectivity index (χ1v) is 7.08. The minimum absolute atomic E-state index is 0.545. The average molecular weight is 263 g/mol. The maximum Gasteiger partial charge on any atom is 0.124 e. The van der Waals surface area contributed by atoms with E-state index in [1.807, 2.05) is 12.1 Å². The van der Waals surface area contributed by atoms with Gasteiger partial charge in [-0.15, -0.1) is 0 Å². The Bertz CT molecular complexity index is 434. The maximum atomic E-state index is 11.0. The third-order valence-corrected chi connectivity index (χ3v) is 4.21. The van der Waals surface area contributed by atoms with Crippen molar-refractivity contribution >= 4 is 0 Å². The first-order valence-electron chi connectivity index (χ1n) is 7.08. The molecule has 1 aromatic carbocycles. The molecule has 0 radical (unpaired) electrons. The number of likely N-dealkylation sites (tertiary alicyclic amines) is 1. The Morgan fingerprint density at radius 1 is 1.26 bits per heavy atom. The summed E-state index contributed by atoms with van der Waals surface area (Å²) in [5, 5.41) is 11.0. The maximum absolute atomic E-state index is 11.0. The second kappa shape index (κ2) is 5.51. The molecule has 0 amide bonds. The largest absolute Gasteiger partial charge is 0.496 e. The van der Waals surface area contributed by atoms with Crippen LogP contribution in [0.3, 0.4) is 0 Å². The molecule has 106 valence electrons. The van der Waals surface area contributed by atoms with Crippen molar-refractivity contribution < 1.29 is 9.84 Å². The fourth-order valence-electron chi connectivity index (χ4n) is 2.87. The first kappa shape index (κ1) is 14.4. The van der Waals surface area contributed by atoms with Gasteiger partial charge in [0.15, 0.2) is 0 Å². The van der Waals surface area contributed by atoms with Crippen LogP contribution in [-0.2, 0) is 5.60 Å². The number of benzene rings is 1. The van der Waals surface area contributed by atoms with Gasteiger partial charge in [0.2, 0.25) is 0 Å². The zero-order valence-electron chi connectivity index (χ0n) is 12.4. The topological polar surface area (TPSA) is 32.7 Å². The highest BCUT2D eigenvalue weighted by atomic mass is 16.5. The summed E-state index contributed by atoms with van der Waals surface area (Å²) in [4.78, 5) is 2.41. The monoisotopic (exact) mass is 263 g/mol. The molecule has 0 spiro atoms. The highest BCUT2D eigenvalue weighted by Crippen LogP contribution is 2.38. The van der Waals surface area contributed by atoms with Gasteiger partial charge in [-0.3, -0.25) is 0 Å². The number of hydrogen-bond donors (Lipinski definition) is 1. The highest BCUT2D eigenvalue weighted by Gasteiger charge is 2.36. The molecule has 0 unspecified atom stereocenters. The Balaban J connectivity index is 2.24. The fraction of sp³-hybridized carbons (Fsp3) is 0.625. The predicted molar refractivity (Wildman–Crippen MR) is 77.6 cm³/mol. The second-order valence-corrected chi connectivity index (χ2v) is 5.87. The molecule has 1 aliphatic rings. The molecule has 1 saturated heterocycles. The Labute approximate surface area is 116 Å². The molecule has 1 aliphatic heterocycles. The zero-order chi connectivity index (χ0) is 14.0. The number of ether oxygens (including phenoxy) is 1. The van der Waals surface area contributed by atoms with Gasteiger partial charge in [0.1, 0.15) is 5.75 Å². The first-order chi connectivity index (χ1) is 8.96. The number of hydrogen-bond acceptors (Lipinski definition) is 3. The van der Waals surface area contributed by atoms with Crippen molar-refractivity contribution in [2.75, 3.05) is 20.2 Å².